The predicted octanol–water partition coefficient (Wildman–Crippen LogP) is 1.39. The number of urea groups is 1. The minimum atomic E-state index is -0.882. The second-order valence-corrected chi connectivity index (χ2v) is 5.15. The number of aliphatic carboxylic acids is 1. The summed E-state index contributed by atoms with van der Waals surface area (Å²) in [6.07, 6.45) is 5.02. The third-order valence-corrected chi connectivity index (χ3v) is 3.87. The van der Waals surface area contributed by atoms with Gasteiger partial charge in [-0.2, -0.15) is 0 Å². The minimum absolute atomic E-state index is 0.123. The van der Waals surface area contributed by atoms with Gasteiger partial charge in [0.1, 0.15) is 6.04 Å². The number of carbonyl (C=O) groups excluding carboxylic acids is 1. The second-order valence-electron chi connectivity index (χ2n) is 5.15. The highest BCUT2D eigenvalue weighted by molar-refractivity contribution is 5.83. The number of carboxylic acids is 1. The van der Waals surface area contributed by atoms with Gasteiger partial charge in [0.2, 0.25) is 0 Å². The Morgan fingerprint density at radius 2 is 2.00 bits per heavy atom. The summed E-state index contributed by atoms with van der Waals surface area (Å²) in [5.74, 6) is -0.261. The van der Waals surface area contributed by atoms with Gasteiger partial charge in [0, 0.05) is 20.1 Å². The Kier molecular flexibility index (Phi) is 3.54. The SMILES string of the molecule is CN(CC1CCC1)C(=O)N1CCC[C@@H]1C(=O)O. The highest BCUT2D eigenvalue weighted by Gasteiger charge is 2.36. The van der Waals surface area contributed by atoms with Gasteiger partial charge in [-0.1, -0.05) is 6.42 Å². The molecule has 1 saturated carbocycles. The lowest BCUT2D eigenvalue weighted by Gasteiger charge is -2.33. The van der Waals surface area contributed by atoms with Gasteiger partial charge in [-0.3, -0.25) is 0 Å². The van der Waals surface area contributed by atoms with Crippen molar-refractivity contribution in [3.8, 4) is 0 Å². The highest BCUT2D eigenvalue weighted by Crippen LogP contribution is 2.27. The summed E-state index contributed by atoms with van der Waals surface area (Å²) in [5.41, 5.74) is 0. The zero-order chi connectivity index (χ0) is 12.4. The van der Waals surface area contributed by atoms with Crippen LogP contribution in [0.25, 0.3) is 0 Å². The van der Waals surface area contributed by atoms with Crippen LogP contribution < -0.4 is 0 Å². The molecule has 1 N–H and O–H groups in total. The first-order chi connectivity index (χ1) is 8.09. The van der Waals surface area contributed by atoms with Crippen LogP contribution in [-0.2, 0) is 4.79 Å². The van der Waals surface area contributed by atoms with Crippen molar-refractivity contribution < 1.29 is 14.7 Å². The molecule has 0 radical (unpaired) electrons. The van der Waals surface area contributed by atoms with Crippen molar-refractivity contribution in [1.29, 1.82) is 0 Å². The monoisotopic (exact) mass is 240 g/mol. The molecule has 0 aromatic rings. The van der Waals surface area contributed by atoms with E-state index in [9.17, 15) is 9.59 Å². The summed E-state index contributed by atoms with van der Waals surface area (Å²) in [7, 11) is 1.78. The van der Waals surface area contributed by atoms with E-state index in [1.165, 1.54) is 24.2 Å². The van der Waals surface area contributed by atoms with Crippen LogP contribution in [0.15, 0.2) is 0 Å². The van der Waals surface area contributed by atoms with Crippen molar-refractivity contribution >= 4 is 12.0 Å². The smallest absolute Gasteiger partial charge is 0.326 e. The van der Waals surface area contributed by atoms with Crippen LogP contribution in [0.1, 0.15) is 32.1 Å². The van der Waals surface area contributed by atoms with Gasteiger partial charge >= 0.3 is 12.0 Å². The molecule has 0 unspecified atom stereocenters. The van der Waals surface area contributed by atoms with E-state index in [2.05, 4.69) is 0 Å². The largest absolute Gasteiger partial charge is 0.480 e. The van der Waals surface area contributed by atoms with Gasteiger partial charge in [-0.05, 0) is 31.6 Å². The minimum Gasteiger partial charge on any atom is -0.480 e. The van der Waals surface area contributed by atoms with Gasteiger partial charge in [0.05, 0.1) is 0 Å². The maximum atomic E-state index is 12.1. The fourth-order valence-corrected chi connectivity index (χ4v) is 2.61. The number of rotatable bonds is 3. The molecule has 1 saturated heterocycles. The molecule has 5 heteroatoms. The summed E-state index contributed by atoms with van der Waals surface area (Å²) in [6.45, 7) is 1.34. The molecule has 2 rings (SSSR count). The Bertz CT molecular complexity index is 315. The summed E-state index contributed by atoms with van der Waals surface area (Å²) in [5, 5.41) is 9.04. The number of nitrogens with zero attached hydrogens (tertiary/aromatic N) is 2. The van der Waals surface area contributed by atoms with E-state index in [1.54, 1.807) is 11.9 Å². The molecule has 1 aliphatic heterocycles. The fraction of sp³-hybridized carbons (Fsp3) is 0.833. The van der Waals surface area contributed by atoms with Crippen LogP contribution >= 0.6 is 0 Å². The zero-order valence-electron chi connectivity index (χ0n) is 10.3. The van der Waals surface area contributed by atoms with Crippen LogP contribution in [0.5, 0.6) is 0 Å². The first-order valence-electron chi connectivity index (χ1n) is 6.34. The summed E-state index contributed by atoms with van der Waals surface area (Å²) in [6, 6.07) is -0.742. The molecule has 0 bridgehead atoms. The number of carboxylic acid groups (broad SMARTS) is 1. The third kappa shape index (κ3) is 2.53. The lowest BCUT2D eigenvalue weighted by atomic mass is 9.85. The van der Waals surface area contributed by atoms with E-state index >= 15 is 0 Å². The molecule has 0 spiro atoms. The van der Waals surface area contributed by atoms with Gasteiger partial charge in [0.25, 0.3) is 0 Å². The van der Waals surface area contributed by atoms with Gasteiger partial charge < -0.3 is 14.9 Å². The molecule has 1 atom stereocenters. The maximum Gasteiger partial charge on any atom is 0.326 e. The van der Waals surface area contributed by atoms with E-state index in [1.807, 2.05) is 0 Å². The highest BCUT2D eigenvalue weighted by atomic mass is 16.4. The Hall–Kier alpha value is -1.26. The predicted molar refractivity (Wildman–Crippen MR) is 62.7 cm³/mol. The van der Waals surface area contributed by atoms with Crippen molar-refractivity contribution in [2.75, 3.05) is 20.1 Å². The number of hydrogen-bond acceptors (Lipinski definition) is 2. The van der Waals surface area contributed by atoms with E-state index in [-0.39, 0.29) is 6.03 Å². The van der Waals surface area contributed by atoms with Crippen LogP contribution in [-0.4, -0.2) is 53.1 Å². The summed E-state index contributed by atoms with van der Waals surface area (Å²) in [4.78, 5) is 26.3. The average Bonchev–Trinajstić information content (AvgIpc) is 2.70. The topological polar surface area (TPSA) is 60.9 Å². The molecular formula is C12H20N2O3. The zero-order valence-corrected chi connectivity index (χ0v) is 10.3. The van der Waals surface area contributed by atoms with E-state index in [0.29, 0.717) is 18.9 Å². The van der Waals surface area contributed by atoms with Crippen molar-refractivity contribution in [2.24, 2.45) is 5.92 Å². The normalized spacial score (nSPS) is 24.5. The van der Waals surface area contributed by atoms with Crippen molar-refractivity contribution in [3.05, 3.63) is 0 Å². The Morgan fingerprint density at radius 1 is 1.29 bits per heavy atom. The van der Waals surface area contributed by atoms with Gasteiger partial charge in [0.15, 0.2) is 0 Å². The maximum absolute atomic E-state index is 12.1. The van der Waals surface area contributed by atoms with Crippen molar-refractivity contribution in [1.82, 2.24) is 9.80 Å². The first kappa shape index (κ1) is 12.2. The van der Waals surface area contributed by atoms with Crippen LogP contribution in [0.2, 0.25) is 0 Å². The number of carbonyl (C=O) groups is 2. The lowest BCUT2D eigenvalue weighted by Crippen LogP contribution is -2.48. The molecule has 1 aliphatic carbocycles. The average molecular weight is 240 g/mol. The van der Waals surface area contributed by atoms with Crippen molar-refractivity contribution in [3.63, 3.8) is 0 Å². The number of amides is 2. The van der Waals surface area contributed by atoms with Crippen LogP contribution in [0.3, 0.4) is 0 Å². The fourth-order valence-electron chi connectivity index (χ4n) is 2.61. The van der Waals surface area contributed by atoms with Crippen LogP contribution in [0.4, 0.5) is 4.79 Å². The summed E-state index contributed by atoms with van der Waals surface area (Å²) < 4.78 is 0. The Balaban J connectivity index is 1.90. The molecule has 2 aliphatic rings. The molecule has 5 nitrogen and oxygen atoms in total. The molecule has 0 aromatic heterocycles. The van der Waals surface area contributed by atoms with Gasteiger partial charge in [-0.25, -0.2) is 9.59 Å². The quantitative estimate of drug-likeness (QED) is 0.810. The van der Waals surface area contributed by atoms with Gasteiger partial charge in [-0.15, -0.1) is 0 Å². The molecule has 96 valence electrons. The number of likely N-dealkylation sites (tertiary alicyclic amines) is 1. The molecule has 1 heterocycles. The molecular weight excluding hydrogens is 220 g/mol. The molecule has 0 aromatic carbocycles. The Morgan fingerprint density at radius 3 is 2.53 bits per heavy atom. The molecule has 2 fully saturated rings. The number of hydrogen-bond donors (Lipinski definition) is 1. The van der Waals surface area contributed by atoms with Crippen molar-refractivity contribution in [2.45, 2.75) is 38.1 Å². The Labute approximate surface area is 101 Å². The van der Waals surface area contributed by atoms with E-state index in [0.717, 1.165) is 13.0 Å². The third-order valence-electron chi connectivity index (χ3n) is 3.87. The van der Waals surface area contributed by atoms with Crippen LogP contribution in [0, 0.1) is 5.92 Å². The first-order valence-corrected chi connectivity index (χ1v) is 6.34. The molecule has 17 heavy (non-hydrogen) atoms. The lowest BCUT2D eigenvalue weighted by molar-refractivity contribution is -0.141. The van der Waals surface area contributed by atoms with E-state index < -0.39 is 12.0 Å². The standard InChI is InChI=1S/C12H20N2O3/c1-13(8-9-4-2-5-9)12(17)14-7-3-6-10(14)11(15)16/h9-10H,2-8H2,1H3,(H,15,16)/t10-/m1/s1. The summed E-state index contributed by atoms with van der Waals surface area (Å²) >= 11 is 0. The second kappa shape index (κ2) is 4.94. The molecule has 2 amide bonds. The van der Waals surface area contributed by atoms with E-state index in [4.69, 9.17) is 5.11 Å².